The molecule has 0 aromatic carbocycles. The van der Waals surface area contributed by atoms with Crippen LogP contribution in [0.3, 0.4) is 0 Å². The first-order chi connectivity index (χ1) is 14.3. The molecule has 9 atom stereocenters. The third kappa shape index (κ3) is 2.71. The fourth-order valence-corrected chi connectivity index (χ4v) is 11.4. The number of hydrogen-bond acceptors (Lipinski definition) is 1. The second-order valence-corrected chi connectivity index (χ2v) is 14.8. The molecule has 0 heterocycles. The molecule has 0 aromatic heterocycles. The van der Waals surface area contributed by atoms with E-state index < -0.39 is 0 Å². The van der Waals surface area contributed by atoms with Crippen molar-refractivity contribution in [2.24, 2.45) is 56.7 Å². The Bertz CT molecular complexity index is 777. The van der Waals surface area contributed by atoms with Crippen molar-refractivity contribution in [2.45, 2.75) is 119 Å². The lowest BCUT2D eigenvalue weighted by Crippen LogP contribution is -2.62. The number of rotatable bonds is 1. The van der Waals surface area contributed by atoms with Crippen molar-refractivity contribution in [3.05, 3.63) is 11.6 Å². The maximum absolute atomic E-state index is 10.9. The summed E-state index contributed by atoms with van der Waals surface area (Å²) in [7, 11) is 0. The first-order valence-corrected chi connectivity index (χ1v) is 13.7. The number of fused-ring (bicyclic) bond motifs is 7. The van der Waals surface area contributed by atoms with Crippen molar-refractivity contribution >= 4 is 0 Å². The summed E-state index contributed by atoms with van der Waals surface area (Å²) in [6, 6.07) is 0. The SMILES string of the molecule is CC(C)[C@H]1CC[C@]2(C)CC=C3[C@]4(C)CC[C@H]5C(C)(C)[C@@H](O)CC[C@]5(C)[C@H]4CC[C@@]3(C)[C@H]12. The van der Waals surface area contributed by atoms with E-state index in [1.807, 2.05) is 5.57 Å². The second kappa shape index (κ2) is 6.64. The summed E-state index contributed by atoms with van der Waals surface area (Å²) in [5.41, 5.74) is 3.61. The zero-order chi connectivity index (χ0) is 22.6. The van der Waals surface area contributed by atoms with E-state index >= 15 is 0 Å². The third-order valence-corrected chi connectivity index (χ3v) is 12.8. The molecule has 5 aliphatic rings. The Morgan fingerprint density at radius 1 is 0.806 bits per heavy atom. The fraction of sp³-hybridized carbons (Fsp3) is 0.933. The number of aliphatic hydroxyl groups is 1. The topological polar surface area (TPSA) is 20.2 Å². The molecular formula is C30H50O. The van der Waals surface area contributed by atoms with Gasteiger partial charge in [0.05, 0.1) is 6.10 Å². The van der Waals surface area contributed by atoms with Crippen LogP contribution in [0.4, 0.5) is 0 Å². The van der Waals surface area contributed by atoms with Crippen molar-refractivity contribution in [1.29, 1.82) is 0 Å². The molecule has 0 saturated heterocycles. The van der Waals surface area contributed by atoms with Crippen LogP contribution in [0.2, 0.25) is 0 Å². The summed E-state index contributed by atoms with van der Waals surface area (Å²) in [5.74, 6) is 4.02. The molecule has 0 aromatic rings. The lowest BCUT2D eigenvalue weighted by atomic mass is 9.35. The van der Waals surface area contributed by atoms with Crippen LogP contribution in [0.15, 0.2) is 11.6 Å². The highest BCUT2D eigenvalue weighted by Crippen LogP contribution is 2.75. The quantitative estimate of drug-likeness (QED) is 0.421. The number of aliphatic hydroxyl groups excluding tert-OH is 1. The molecule has 1 heteroatoms. The summed E-state index contributed by atoms with van der Waals surface area (Å²) < 4.78 is 0. The van der Waals surface area contributed by atoms with Gasteiger partial charge in [0.2, 0.25) is 0 Å². The van der Waals surface area contributed by atoms with Gasteiger partial charge in [-0.1, -0.05) is 67.0 Å². The van der Waals surface area contributed by atoms with Gasteiger partial charge in [0.15, 0.2) is 0 Å². The van der Waals surface area contributed by atoms with E-state index in [1.165, 1.54) is 51.4 Å². The van der Waals surface area contributed by atoms with E-state index in [0.717, 1.165) is 30.1 Å². The van der Waals surface area contributed by atoms with Crippen molar-refractivity contribution < 1.29 is 5.11 Å². The third-order valence-electron chi connectivity index (χ3n) is 12.8. The summed E-state index contributed by atoms with van der Waals surface area (Å²) in [5, 5.41) is 10.9. The second-order valence-electron chi connectivity index (χ2n) is 14.8. The predicted octanol–water partition coefficient (Wildman–Crippen LogP) is 8.02. The van der Waals surface area contributed by atoms with Crippen LogP contribution in [0.1, 0.15) is 113 Å². The van der Waals surface area contributed by atoms with Crippen LogP contribution in [0, 0.1) is 56.7 Å². The number of hydrogen-bond donors (Lipinski definition) is 1. The number of allylic oxidation sites excluding steroid dienone is 2. The van der Waals surface area contributed by atoms with E-state index in [2.05, 4.69) is 61.5 Å². The van der Waals surface area contributed by atoms with Gasteiger partial charge in [-0.3, -0.25) is 0 Å². The summed E-state index contributed by atoms with van der Waals surface area (Å²) >= 11 is 0. The molecule has 1 nitrogen and oxygen atoms in total. The average Bonchev–Trinajstić information content (AvgIpc) is 3.03. The summed E-state index contributed by atoms with van der Waals surface area (Å²) in [6.45, 7) is 20.4. The van der Waals surface area contributed by atoms with E-state index in [1.54, 1.807) is 0 Å². The van der Waals surface area contributed by atoms with Crippen LogP contribution in [-0.4, -0.2) is 11.2 Å². The molecule has 5 rings (SSSR count). The minimum atomic E-state index is -0.122. The molecule has 31 heavy (non-hydrogen) atoms. The fourth-order valence-electron chi connectivity index (χ4n) is 11.4. The Morgan fingerprint density at radius 2 is 1.45 bits per heavy atom. The van der Waals surface area contributed by atoms with Crippen LogP contribution in [-0.2, 0) is 0 Å². The van der Waals surface area contributed by atoms with Crippen molar-refractivity contribution in [3.63, 3.8) is 0 Å². The Labute approximate surface area is 192 Å². The maximum atomic E-state index is 10.9. The molecule has 0 spiro atoms. The Hall–Kier alpha value is -0.300. The van der Waals surface area contributed by atoms with Gasteiger partial charge in [0, 0.05) is 0 Å². The van der Waals surface area contributed by atoms with Gasteiger partial charge in [-0.15, -0.1) is 0 Å². The largest absolute Gasteiger partial charge is 0.393 e. The first-order valence-electron chi connectivity index (χ1n) is 13.7. The Balaban J connectivity index is 1.57. The smallest absolute Gasteiger partial charge is 0.0594 e. The lowest BCUT2D eigenvalue weighted by Gasteiger charge is -2.69. The summed E-state index contributed by atoms with van der Waals surface area (Å²) in [4.78, 5) is 0. The predicted molar refractivity (Wildman–Crippen MR) is 131 cm³/mol. The highest BCUT2D eigenvalue weighted by Gasteiger charge is 2.67. The molecular weight excluding hydrogens is 376 g/mol. The normalized spacial score (nSPS) is 55.7. The van der Waals surface area contributed by atoms with Gasteiger partial charge in [0.1, 0.15) is 0 Å². The van der Waals surface area contributed by atoms with Crippen LogP contribution >= 0.6 is 0 Å². The highest BCUT2D eigenvalue weighted by molar-refractivity contribution is 5.35. The van der Waals surface area contributed by atoms with E-state index in [0.29, 0.717) is 27.6 Å². The zero-order valence-corrected chi connectivity index (χ0v) is 21.9. The first kappa shape index (κ1) is 22.5. The lowest BCUT2D eigenvalue weighted by molar-refractivity contribution is -0.181. The van der Waals surface area contributed by atoms with Crippen molar-refractivity contribution in [1.82, 2.24) is 0 Å². The molecule has 0 amide bonds. The molecule has 4 saturated carbocycles. The zero-order valence-electron chi connectivity index (χ0n) is 21.9. The van der Waals surface area contributed by atoms with Gasteiger partial charge in [-0.2, -0.15) is 0 Å². The molecule has 4 fully saturated rings. The minimum absolute atomic E-state index is 0.0583. The van der Waals surface area contributed by atoms with Gasteiger partial charge >= 0.3 is 0 Å². The maximum Gasteiger partial charge on any atom is 0.0594 e. The standard InChI is InChI=1S/C30H50O/c1-19(2)20-9-14-27(5)15-10-23-29(7)16-11-21-26(3,4)24(31)13-18-28(21,6)22(29)12-17-30(23,8)25(20)27/h10,19-22,24-25,31H,9,11-18H2,1-8H3/t20-,21+,22-,24+,25-,27-,28+,29-,30-/m1/s1. The highest BCUT2D eigenvalue weighted by atomic mass is 16.3. The van der Waals surface area contributed by atoms with Gasteiger partial charge in [-0.05, 0) is 114 Å². The van der Waals surface area contributed by atoms with Gasteiger partial charge in [-0.25, -0.2) is 0 Å². The molecule has 0 radical (unpaired) electrons. The van der Waals surface area contributed by atoms with E-state index in [9.17, 15) is 5.11 Å². The molecule has 5 aliphatic carbocycles. The summed E-state index contributed by atoms with van der Waals surface area (Å²) in [6.07, 6.45) is 14.5. The van der Waals surface area contributed by atoms with Crippen molar-refractivity contribution in [2.75, 3.05) is 0 Å². The van der Waals surface area contributed by atoms with Gasteiger partial charge < -0.3 is 5.11 Å². The monoisotopic (exact) mass is 426 g/mol. The van der Waals surface area contributed by atoms with E-state index in [-0.39, 0.29) is 11.5 Å². The van der Waals surface area contributed by atoms with Crippen LogP contribution < -0.4 is 0 Å². The molecule has 176 valence electrons. The van der Waals surface area contributed by atoms with Gasteiger partial charge in [0.25, 0.3) is 0 Å². The average molecular weight is 427 g/mol. The Morgan fingerprint density at radius 3 is 2.13 bits per heavy atom. The minimum Gasteiger partial charge on any atom is -0.393 e. The molecule has 0 unspecified atom stereocenters. The van der Waals surface area contributed by atoms with Crippen LogP contribution in [0.25, 0.3) is 0 Å². The molecule has 1 N–H and O–H groups in total. The Kier molecular flexibility index (Phi) is 4.82. The molecule has 0 bridgehead atoms. The van der Waals surface area contributed by atoms with Crippen LogP contribution in [0.5, 0.6) is 0 Å². The van der Waals surface area contributed by atoms with E-state index in [4.69, 9.17) is 0 Å². The van der Waals surface area contributed by atoms with Crippen molar-refractivity contribution in [3.8, 4) is 0 Å². The molecule has 0 aliphatic heterocycles.